The van der Waals surface area contributed by atoms with Crippen molar-refractivity contribution in [1.29, 1.82) is 0 Å². The quantitative estimate of drug-likeness (QED) is 0.680. The van der Waals surface area contributed by atoms with Crippen LogP contribution in [0.5, 0.6) is 0 Å². The van der Waals surface area contributed by atoms with E-state index in [1.807, 2.05) is 11.4 Å². The minimum absolute atomic E-state index is 0.0513. The van der Waals surface area contributed by atoms with Crippen LogP contribution >= 0.6 is 23.1 Å². The van der Waals surface area contributed by atoms with Gasteiger partial charge in [0.25, 0.3) is 0 Å². The lowest BCUT2D eigenvalue weighted by Crippen LogP contribution is -2.36. The lowest BCUT2D eigenvalue weighted by atomic mass is 10.4. The Kier molecular flexibility index (Phi) is 4.96. The standard InChI is InChI=1S/C10H11N5O3S2/c11-8(17)13-7(16)5-19-10-15-14-9(20-10)12-4-6-2-1-3-18-6/h1-3H,4-5H2,(H,12,14)(H3,11,13,16,17). The van der Waals surface area contributed by atoms with Crippen LogP contribution in [0.1, 0.15) is 5.76 Å². The Balaban J connectivity index is 1.77. The molecule has 10 heteroatoms. The molecule has 2 heterocycles. The third-order valence-electron chi connectivity index (χ3n) is 1.99. The summed E-state index contributed by atoms with van der Waals surface area (Å²) < 4.78 is 5.79. The average Bonchev–Trinajstić information content (AvgIpc) is 3.05. The maximum absolute atomic E-state index is 11.2. The summed E-state index contributed by atoms with van der Waals surface area (Å²) in [4.78, 5) is 21.7. The molecule has 2 rings (SSSR count). The first-order valence-electron chi connectivity index (χ1n) is 5.45. The van der Waals surface area contributed by atoms with Gasteiger partial charge in [-0.3, -0.25) is 10.1 Å². The van der Waals surface area contributed by atoms with Crippen LogP contribution in [0.25, 0.3) is 0 Å². The number of hydrogen-bond acceptors (Lipinski definition) is 8. The van der Waals surface area contributed by atoms with Gasteiger partial charge in [0.1, 0.15) is 5.76 Å². The molecule has 2 aromatic heterocycles. The second-order valence-corrected chi connectivity index (χ2v) is 5.71. The molecule has 0 aliphatic heterocycles. The zero-order valence-electron chi connectivity index (χ0n) is 10.2. The molecule has 0 aromatic carbocycles. The summed E-state index contributed by atoms with van der Waals surface area (Å²) in [5.74, 6) is 0.369. The highest BCUT2D eigenvalue weighted by Gasteiger charge is 2.09. The average molecular weight is 313 g/mol. The molecule has 0 fully saturated rings. The van der Waals surface area contributed by atoms with E-state index in [0.29, 0.717) is 16.0 Å². The fourth-order valence-corrected chi connectivity index (χ4v) is 2.76. The minimum atomic E-state index is -0.867. The second-order valence-electron chi connectivity index (χ2n) is 3.51. The highest BCUT2D eigenvalue weighted by Crippen LogP contribution is 2.25. The Labute approximate surface area is 122 Å². The van der Waals surface area contributed by atoms with Crippen LogP contribution in [-0.4, -0.2) is 27.9 Å². The van der Waals surface area contributed by atoms with Gasteiger partial charge in [-0.15, -0.1) is 10.2 Å². The van der Waals surface area contributed by atoms with Crippen molar-refractivity contribution in [3.05, 3.63) is 24.2 Å². The molecule has 0 saturated heterocycles. The van der Waals surface area contributed by atoms with E-state index in [1.165, 1.54) is 23.1 Å². The van der Waals surface area contributed by atoms with Gasteiger partial charge in [-0.2, -0.15) is 0 Å². The van der Waals surface area contributed by atoms with Gasteiger partial charge < -0.3 is 15.5 Å². The van der Waals surface area contributed by atoms with Gasteiger partial charge in [-0.05, 0) is 12.1 Å². The summed E-state index contributed by atoms with van der Waals surface area (Å²) in [5.41, 5.74) is 4.83. The number of imide groups is 1. The van der Waals surface area contributed by atoms with Gasteiger partial charge in [0.2, 0.25) is 11.0 Å². The molecule has 0 atom stereocenters. The van der Waals surface area contributed by atoms with E-state index < -0.39 is 11.9 Å². The summed E-state index contributed by atoms with van der Waals surface area (Å²) in [6.07, 6.45) is 1.59. The molecular formula is C10H11N5O3S2. The first kappa shape index (κ1) is 14.3. The molecule has 8 nitrogen and oxygen atoms in total. The lowest BCUT2D eigenvalue weighted by Gasteiger charge is -1.98. The number of anilines is 1. The Hall–Kier alpha value is -2.07. The molecule has 0 unspecified atom stereocenters. The third-order valence-corrected chi connectivity index (χ3v) is 4.00. The number of aromatic nitrogens is 2. The van der Waals surface area contributed by atoms with E-state index in [1.54, 1.807) is 12.3 Å². The van der Waals surface area contributed by atoms with Crippen LogP contribution in [0.4, 0.5) is 9.93 Å². The minimum Gasteiger partial charge on any atom is -0.467 e. The molecule has 0 aliphatic rings. The molecule has 0 spiro atoms. The fourth-order valence-electron chi connectivity index (χ4n) is 1.22. The van der Waals surface area contributed by atoms with Crippen LogP contribution in [0, 0.1) is 0 Å². The predicted octanol–water partition coefficient (Wildman–Crippen LogP) is 1.03. The molecule has 3 amide bonds. The van der Waals surface area contributed by atoms with Gasteiger partial charge >= 0.3 is 6.03 Å². The van der Waals surface area contributed by atoms with Crippen LogP contribution < -0.4 is 16.4 Å². The Morgan fingerprint density at radius 1 is 1.45 bits per heavy atom. The highest BCUT2D eigenvalue weighted by atomic mass is 32.2. The van der Waals surface area contributed by atoms with Crippen molar-refractivity contribution in [2.24, 2.45) is 5.73 Å². The van der Waals surface area contributed by atoms with Gasteiger partial charge in [0.15, 0.2) is 4.34 Å². The Morgan fingerprint density at radius 3 is 3.00 bits per heavy atom. The zero-order chi connectivity index (χ0) is 14.4. The van der Waals surface area contributed by atoms with Crippen molar-refractivity contribution in [2.75, 3.05) is 11.1 Å². The largest absolute Gasteiger partial charge is 0.467 e. The number of urea groups is 1. The molecule has 0 bridgehead atoms. The van der Waals surface area contributed by atoms with Crippen LogP contribution in [0.2, 0.25) is 0 Å². The number of carbonyl (C=O) groups excluding carboxylic acids is 2. The van der Waals surface area contributed by atoms with Crippen molar-refractivity contribution in [1.82, 2.24) is 15.5 Å². The highest BCUT2D eigenvalue weighted by molar-refractivity contribution is 8.01. The number of nitrogens with one attached hydrogen (secondary N) is 2. The summed E-state index contributed by atoms with van der Waals surface area (Å²) >= 11 is 2.48. The molecule has 2 aromatic rings. The normalized spacial score (nSPS) is 10.2. The summed E-state index contributed by atoms with van der Waals surface area (Å²) in [7, 11) is 0. The Bertz CT molecular complexity index is 583. The van der Waals surface area contributed by atoms with Gasteiger partial charge in [0, 0.05) is 0 Å². The molecule has 0 saturated carbocycles. The number of rotatable bonds is 6. The predicted molar refractivity (Wildman–Crippen MR) is 74.4 cm³/mol. The molecule has 0 aliphatic carbocycles. The van der Waals surface area contributed by atoms with Crippen LogP contribution in [0.15, 0.2) is 27.2 Å². The molecule has 4 N–H and O–H groups in total. The second kappa shape index (κ2) is 6.91. The summed E-state index contributed by atoms with van der Waals surface area (Å²) in [5, 5.41) is 13.5. The number of carbonyl (C=O) groups is 2. The van der Waals surface area contributed by atoms with E-state index >= 15 is 0 Å². The van der Waals surface area contributed by atoms with Gasteiger partial charge in [0.05, 0.1) is 18.6 Å². The monoisotopic (exact) mass is 313 g/mol. The topological polar surface area (TPSA) is 123 Å². The maximum Gasteiger partial charge on any atom is 0.318 e. The van der Waals surface area contributed by atoms with Gasteiger partial charge in [-0.25, -0.2) is 4.79 Å². The SMILES string of the molecule is NC(=O)NC(=O)CSc1nnc(NCc2ccco2)s1. The van der Waals surface area contributed by atoms with Crippen LogP contribution in [-0.2, 0) is 11.3 Å². The van der Waals surface area contributed by atoms with E-state index in [9.17, 15) is 9.59 Å². The number of amides is 3. The zero-order valence-corrected chi connectivity index (χ0v) is 11.8. The molecule has 20 heavy (non-hydrogen) atoms. The van der Waals surface area contributed by atoms with Crippen molar-refractivity contribution < 1.29 is 14.0 Å². The first-order chi connectivity index (χ1) is 9.63. The number of furan rings is 1. The smallest absolute Gasteiger partial charge is 0.318 e. The summed E-state index contributed by atoms with van der Waals surface area (Å²) in [6.45, 7) is 0.508. The maximum atomic E-state index is 11.2. The fraction of sp³-hybridized carbons (Fsp3) is 0.200. The van der Waals surface area contributed by atoms with Crippen molar-refractivity contribution >= 4 is 40.2 Å². The first-order valence-corrected chi connectivity index (χ1v) is 7.25. The number of hydrogen-bond donors (Lipinski definition) is 3. The Morgan fingerprint density at radius 2 is 2.30 bits per heavy atom. The van der Waals surface area contributed by atoms with Gasteiger partial charge in [-0.1, -0.05) is 23.1 Å². The number of nitrogens with zero attached hydrogens (tertiary/aromatic N) is 2. The van der Waals surface area contributed by atoms with E-state index in [0.717, 1.165) is 5.76 Å². The number of primary amides is 1. The molecular weight excluding hydrogens is 302 g/mol. The summed E-state index contributed by atoms with van der Waals surface area (Å²) in [6, 6.07) is 2.78. The number of nitrogens with two attached hydrogens (primary N) is 1. The lowest BCUT2D eigenvalue weighted by molar-refractivity contribution is -0.117. The van der Waals surface area contributed by atoms with Crippen molar-refractivity contribution in [3.63, 3.8) is 0 Å². The number of thioether (sulfide) groups is 1. The van der Waals surface area contributed by atoms with Crippen molar-refractivity contribution in [2.45, 2.75) is 10.9 Å². The van der Waals surface area contributed by atoms with Crippen LogP contribution in [0.3, 0.4) is 0 Å². The third kappa shape index (κ3) is 4.55. The van der Waals surface area contributed by atoms with E-state index in [-0.39, 0.29) is 5.75 Å². The van der Waals surface area contributed by atoms with Crippen molar-refractivity contribution in [3.8, 4) is 0 Å². The van der Waals surface area contributed by atoms with E-state index in [2.05, 4.69) is 15.5 Å². The van der Waals surface area contributed by atoms with E-state index in [4.69, 9.17) is 10.2 Å². The molecule has 0 radical (unpaired) electrons. The molecule has 106 valence electrons.